The number of nitrogens with zero attached hydrogens (tertiary/aromatic N) is 5. The lowest BCUT2D eigenvalue weighted by Gasteiger charge is -2.23. The van der Waals surface area contributed by atoms with E-state index in [1.165, 1.54) is 22.3 Å². The van der Waals surface area contributed by atoms with Gasteiger partial charge in [-0.1, -0.05) is 12.1 Å². The minimum atomic E-state index is -3.70. The van der Waals surface area contributed by atoms with Crippen molar-refractivity contribution in [3.8, 4) is 11.4 Å². The quantitative estimate of drug-likeness (QED) is 0.699. The Morgan fingerprint density at radius 3 is 2.67 bits per heavy atom. The average molecular weight is 347 g/mol. The number of sulfonamides is 1. The van der Waals surface area contributed by atoms with Crippen molar-refractivity contribution in [1.29, 1.82) is 0 Å². The minimum absolute atomic E-state index is 0.170. The number of furan rings is 1. The van der Waals surface area contributed by atoms with Crippen molar-refractivity contribution >= 4 is 10.0 Å². The third kappa shape index (κ3) is 2.83. The molecule has 0 unspecified atom stereocenters. The van der Waals surface area contributed by atoms with Crippen LogP contribution in [0.5, 0.6) is 0 Å². The molecular formula is C15H17N5O3S. The van der Waals surface area contributed by atoms with Gasteiger partial charge in [-0.3, -0.25) is 0 Å². The maximum Gasteiger partial charge on any atom is 0.243 e. The first-order valence-electron chi connectivity index (χ1n) is 7.25. The highest BCUT2D eigenvalue weighted by Gasteiger charge is 2.28. The Kier molecular flexibility index (Phi) is 4.20. The van der Waals surface area contributed by atoms with Crippen LogP contribution in [0.25, 0.3) is 11.4 Å². The Bertz CT molecular complexity index is 934. The molecule has 1 aromatic carbocycles. The van der Waals surface area contributed by atoms with E-state index in [9.17, 15) is 8.42 Å². The normalized spacial score (nSPS) is 13.3. The maximum atomic E-state index is 12.9. The lowest BCUT2D eigenvalue weighted by Crippen LogP contribution is -2.29. The molecule has 126 valence electrons. The fourth-order valence-corrected chi connectivity index (χ4v) is 3.73. The van der Waals surface area contributed by atoms with Gasteiger partial charge in [-0.2, -0.15) is 4.31 Å². The molecule has 8 nitrogen and oxygen atoms in total. The number of aromatic nitrogens is 4. The SMILES string of the molecule is C[C@H](c1ccco1)N(C)S(=O)(=O)c1cccc(-c2nnnn2C)c1. The van der Waals surface area contributed by atoms with Crippen LogP contribution in [0.3, 0.4) is 0 Å². The second kappa shape index (κ2) is 6.17. The van der Waals surface area contributed by atoms with Gasteiger partial charge in [-0.25, -0.2) is 13.1 Å². The van der Waals surface area contributed by atoms with E-state index < -0.39 is 16.1 Å². The van der Waals surface area contributed by atoms with Crippen LogP contribution in [0.1, 0.15) is 18.7 Å². The zero-order valence-electron chi connectivity index (χ0n) is 13.5. The van der Waals surface area contributed by atoms with Crippen molar-refractivity contribution in [2.75, 3.05) is 7.05 Å². The molecule has 0 bridgehead atoms. The summed E-state index contributed by atoms with van der Waals surface area (Å²) in [7, 11) is -0.472. The highest BCUT2D eigenvalue weighted by molar-refractivity contribution is 7.89. The number of hydrogen-bond acceptors (Lipinski definition) is 6. The molecule has 0 spiro atoms. The molecule has 0 fully saturated rings. The Morgan fingerprint density at radius 2 is 2.04 bits per heavy atom. The summed E-state index contributed by atoms with van der Waals surface area (Å²) < 4.78 is 33.9. The van der Waals surface area contributed by atoms with Gasteiger partial charge in [0.1, 0.15) is 5.76 Å². The molecular weight excluding hydrogens is 330 g/mol. The first-order valence-corrected chi connectivity index (χ1v) is 8.69. The summed E-state index contributed by atoms with van der Waals surface area (Å²) in [5, 5.41) is 11.3. The van der Waals surface area contributed by atoms with Gasteiger partial charge < -0.3 is 4.42 Å². The Balaban J connectivity index is 1.97. The third-order valence-corrected chi connectivity index (χ3v) is 5.81. The first kappa shape index (κ1) is 16.3. The predicted molar refractivity (Wildman–Crippen MR) is 86.3 cm³/mol. The fourth-order valence-electron chi connectivity index (χ4n) is 2.35. The van der Waals surface area contributed by atoms with Gasteiger partial charge in [0.05, 0.1) is 17.2 Å². The molecule has 0 saturated heterocycles. The van der Waals surface area contributed by atoms with E-state index in [1.54, 1.807) is 50.4 Å². The summed E-state index contributed by atoms with van der Waals surface area (Å²) in [5.74, 6) is 1.07. The van der Waals surface area contributed by atoms with Gasteiger partial charge in [0.2, 0.25) is 10.0 Å². The molecule has 2 aromatic heterocycles. The number of benzene rings is 1. The van der Waals surface area contributed by atoms with Gasteiger partial charge in [-0.05, 0) is 41.6 Å². The van der Waals surface area contributed by atoms with Crippen molar-refractivity contribution in [3.63, 3.8) is 0 Å². The average Bonchev–Trinajstić information content (AvgIpc) is 3.25. The Labute approximate surface area is 139 Å². The molecule has 0 aliphatic heterocycles. The molecule has 9 heteroatoms. The maximum absolute atomic E-state index is 12.9. The van der Waals surface area contributed by atoms with Crippen molar-refractivity contribution < 1.29 is 12.8 Å². The molecule has 0 radical (unpaired) electrons. The van der Waals surface area contributed by atoms with Gasteiger partial charge in [0.15, 0.2) is 5.82 Å². The highest BCUT2D eigenvalue weighted by Crippen LogP contribution is 2.27. The summed E-state index contributed by atoms with van der Waals surface area (Å²) >= 11 is 0. The van der Waals surface area contributed by atoms with E-state index >= 15 is 0 Å². The molecule has 0 N–H and O–H groups in total. The van der Waals surface area contributed by atoms with Crippen molar-refractivity contribution in [3.05, 3.63) is 48.4 Å². The summed E-state index contributed by atoms with van der Waals surface area (Å²) in [5.41, 5.74) is 0.627. The lowest BCUT2D eigenvalue weighted by atomic mass is 10.2. The summed E-state index contributed by atoms with van der Waals surface area (Å²) in [6.45, 7) is 1.77. The predicted octanol–water partition coefficient (Wildman–Crippen LogP) is 1.85. The molecule has 3 rings (SSSR count). The molecule has 24 heavy (non-hydrogen) atoms. The Hall–Kier alpha value is -2.52. The van der Waals surface area contributed by atoms with Crippen LogP contribution < -0.4 is 0 Å². The summed E-state index contributed by atoms with van der Waals surface area (Å²) in [6.07, 6.45) is 1.52. The number of tetrazole rings is 1. The largest absolute Gasteiger partial charge is 0.468 e. The van der Waals surface area contributed by atoms with E-state index in [1.807, 2.05) is 0 Å². The van der Waals surface area contributed by atoms with Crippen LogP contribution in [0.2, 0.25) is 0 Å². The van der Waals surface area contributed by atoms with Gasteiger partial charge in [-0.15, -0.1) is 5.10 Å². The van der Waals surface area contributed by atoms with Crippen LogP contribution in [0, 0.1) is 0 Å². The summed E-state index contributed by atoms with van der Waals surface area (Å²) in [4.78, 5) is 0.170. The molecule has 1 atom stereocenters. The first-order chi connectivity index (χ1) is 11.4. The van der Waals surface area contributed by atoms with Crippen molar-refractivity contribution in [2.24, 2.45) is 7.05 Å². The van der Waals surface area contributed by atoms with E-state index in [-0.39, 0.29) is 4.90 Å². The van der Waals surface area contributed by atoms with Crippen molar-refractivity contribution in [2.45, 2.75) is 17.9 Å². The monoisotopic (exact) mass is 347 g/mol. The van der Waals surface area contributed by atoms with Gasteiger partial charge >= 0.3 is 0 Å². The molecule has 2 heterocycles. The van der Waals surface area contributed by atoms with Crippen LogP contribution in [0.15, 0.2) is 52.0 Å². The van der Waals surface area contributed by atoms with Crippen LogP contribution in [0.4, 0.5) is 0 Å². The Morgan fingerprint density at radius 1 is 1.25 bits per heavy atom. The van der Waals surface area contributed by atoms with Gasteiger partial charge in [0.25, 0.3) is 0 Å². The topological polar surface area (TPSA) is 94.1 Å². The lowest BCUT2D eigenvalue weighted by molar-refractivity contribution is 0.340. The number of aryl methyl sites for hydroxylation is 1. The second-order valence-electron chi connectivity index (χ2n) is 5.37. The van der Waals surface area contributed by atoms with Gasteiger partial charge in [0, 0.05) is 19.7 Å². The van der Waals surface area contributed by atoms with Crippen LogP contribution in [-0.4, -0.2) is 40.0 Å². The standard InChI is InChI=1S/C15H17N5O3S/c1-11(14-8-5-9-23-14)20(3)24(21,22)13-7-4-6-12(10-13)15-16-17-18-19(15)2/h4-11H,1-3H3/t11-/m1/s1. The smallest absolute Gasteiger partial charge is 0.243 e. The molecule has 3 aromatic rings. The number of hydrogen-bond donors (Lipinski definition) is 0. The van der Waals surface area contributed by atoms with Crippen LogP contribution >= 0.6 is 0 Å². The second-order valence-corrected chi connectivity index (χ2v) is 7.36. The van der Waals surface area contributed by atoms with E-state index in [4.69, 9.17) is 4.42 Å². The third-order valence-electron chi connectivity index (χ3n) is 3.89. The van der Waals surface area contributed by atoms with E-state index in [2.05, 4.69) is 15.5 Å². The minimum Gasteiger partial charge on any atom is -0.468 e. The highest BCUT2D eigenvalue weighted by atomic mass is 32.2. The fraction of sp³-hybridized carbons (Fsp3) is 0.267. The van der Waals surface area contributed by atoms with E-state index in [0.717, 1.165) is 0 Å². The zero-order valence-corrected chi connectivity index (χ0v) is 14.3. The zero-order chi connectivity index (χ0) is 17.3. The molecule has 0 saturated carbocycles. The molecule has 0 amide bonds. The van der Waals surface area contributed by atoms with Crippen LogP contribution in [-0.2, 0) is 17.1 Å². The van der Waals surface area contributed by atoms with E-state index in [0.29, 0.717) is 17.1 Å². The molecule has 0 aliphatic carbocycles. The van der Waals surface area contributed by atoms with Crippen molar-refractivity contribution in [1.82, 2.24) is 24.5 Å². The molecule has 0 aliphatic rings. The summed E-state index contributed by atoms with van der Waals surface area (Å²) in [6, 6.07) is 9.60. The number of rotatable bonds is 5.